The molecule has 0 aromatic carbocycles. The van der Waals surface area contributed by atoms with Crippen LogP contribution in [0.1, 0.15) is 23.8 Å². The minimum Gasteiger partial charge on any atom is -0.396 e. The summed E-state index contributed by atoms with van der Waals surface area (Å²) in [5, 5.41) is 15.3. The molecule has 0 aliphatic heterocycles. The van der Waals surface area contributed by atoms with Gasteiger partial charge in [-0.1, -0.05) is 12.1 Å². The summed E-state index contributed by atoms with van der Waals surface area (Å²) in [6, 6.07) is 5.20. The lowest BCUT2D eigenvalue weighted by atomic mass is 10.1. The van der Waals surface area contributed by atoms with Gasteiger partial charge in [0.05, 0.1) is 0 Å². The van der Waals surface area contributed by atoms with Crippen LogP contribution in [0.3, 0.4) is 0 Å². The van der Waals surface area contributed by atoms with Crippen LogP contribution in [0.5, 0.6) is 0 Å². The summed E-state index contributed by atoms with van der Waals surface area (Å²) in [5.41, 5.74) is 1.01. The van der Waals surface area contributed by atoms with Gasteiger partial charge in [0.15, 0.2) is 11.5 Å². The molecule has 2 aromatic rings. The van der Waals surface area contributed by atoms with E-state index in [-0.39, 0.29) is 24.1 Å². The van der Waals surface area contributed by atoms with E-state index in [1.54, 1.807) is 24.5 Å². The SMILES string of the molecule is CC(CCO)CNC(=O)c1cc(-c2cccnc2)on1. The summed E-state index contributed by atoms with van der Waals surface area (Å²) in [6.07, 6.45) is 3.96. The van der Waals surface area contributed by atoms with Crippen LogP contribution in [0.15, 0.2) is 35.1 Å². The highest BCUT2D eigenvalue weighted by atomic mass is 16.5. The third kappa shape index (κ3) is 3.64. The highest BCUT2D eigenvalue weighted by molar-refractivity contribution is 5.93. The molecule has 0 saturated carbocycles. The summed E-state index contributed by atoms with van der Waals surface area (Å²) >= 11 is 0. The van der Waals surface area contributed by atoms with Gasteiger partial charge in [0.1, 0.15) is 0 Å². The Morgan fingerprint density at radius 2 is 2.40 bits per heavy atom. The minimum absolute atomic E-state index is 0.117. The Balaban J connectivity index is 1.97. The molecular weight excluding hydrogens is 258 g/mol. The molecule has 1 amide bonds. The van der Waals surface area contributed by atoms with Crippen LogP contribution in [-0.2, 0) is 0 Å². The predicted octanol–water partition coefficient (Wildman–Crippen LogP) is 1.48. The van der Waals surface area contributed by atoms with Gasteiger partial charge in [-0.3, -0.25) is 9.78 Å². The van der Waals surface area contributed by atoms with Crippen LogP contribution >= 0.6 is 0 Å². The normalized spacial score (nSPS) is 12.1. The van der Waals surface area contributed by atoms with E-state index in [4.69, 9.17) is 9.63 Å². The number of aliphatic hydroxyl groups excluding tert-OH is 1. The average molecular weight is 275 g/mol. The Labute approximate surface area is 116 Å². The highest BCUT2D eigenvalue weighted by Crippen LogP contribution is 2.18. The molecule has 0 aliphatic carbocycles. The Morgan fingerprint density at radius 3 is 3.10 bits per heavy atom. The summed E-state index contributed by atoms with van der Waals surface area (Å²) < 4.78 is 5.14. The number of pyridine rings is 1. The van der Waals surface area contributed by atoms with Crippen molar-refractivity contribution in [3.05, 3.63) is 36.3 Å². The summed E-state index contributed by atoms with van der Waals surface area (Å²) in [5.74, 6) is 0.439. The maximum atomic E-state index is 11.9. The van der Waals surface area contributed by atoms with Crippen LogP contribution in [0.4, 0.5) is 0 Å². The zero-order chi connectivity index (χ0) is 14.4. The van der Waals surface area contributed by atoms with E-state index in [2.05, 4.69) is 15.5 Å². The number of carbonyl (C=O) groups is 1. The lowest BCUT2D eigenvalue weighted by molar-refractivity contribution is 0.0936. The van der Waals surface area contributed by atoms with Crippen molar-refractivity contribution < 1.29 is 14.4 Å². The molecule has 2 N–H and O–H groups in total. The maximum absolute atomic E-state index is 11.9. The zero-order valence-corrected chi connectivity index (χ0v) is 11.2. The quantitative estimate of drug-likeness (QED) is 0.833. The van der Waals surface area contributed by atoms with Gasteiger partial charge in [0.25, 0.3) is 5.91 Å². The number of nitrogens with one attached hydrogen (secondary N) is 1. The molecule has 2 rings (SSSR count). The first-order chi connectivity index (χ1) is 9.70. The van der Waals surface area contributed by atoms with Crippen molar-refractivity contribution in [1.29, 1.82) is 0 Å². The van der Waals surface area contributed by atoms with Crippen LogP contribution in [0.25, 0.3) is 11.3 Å². The van der Waals surface area contributed by atoms with Gasteiger partial charge in [0, 0.05) is 37.2 Å². The second-order valence-electron chi connectivity index (χ2n) is 4.65. The van der Waals surface area contributed by atoms with E-state index >= 15 is 0 Å². The Morgan fingerprint density at radius 1 is 1.55 bits per heavy atom. The van der Waals surface area contributed by atoms with E-state index in [9.17, 15) is 4.79 Å². The summed E-state index contributed by atoms with van der Waals surface area (Å²) in [4.78, 5) is 15.9. The minimum atomic E-state index is -0.284. The molecule has 2 heterocycles. The molecule has 6 nitrogen and oxygen atoms in total. The molecule has 0 radical (unpaired) electrons. The standard InChI is InChI=1S/C14H17N3O3/c1-10(4-6-18)8-16-14(19)12-7-13(20-17-12)11-3-2-5-15-9-11/h2-3,5,7,9-10,18H,4,6,8H2,1H3,(H,16,19). The molecule has 0 saturated heterocycles. The van der Waals surface area contributed by atoms with Crippen LogP contribution in [0, 0.1) is 5.92 Å². The van der Waals surface area contributed by atoms with Gasteiger partial charge in [-0.2, -0.15) is 0 Å². The van der Waals surface area contributed by atoms with Gasteiger partial charge < -0.3 is 14.9 Å². The van der Waals surface area contributed by atoms with Crippen molar-refractivity contribution in [2.75, 3.05) is 13.2 Å². The van der Waals surface area contributed by atoms with Gasteiger partial charge >= 0.3 is 0 Å². The van der Waals surface area contributed by atoms with Crippen molar-refractivity contribution in [2.24, 2.45) is 5.92 Å². The van der Waals surface area contributed by atoms with E-state index in [0.29, 0.717) is 18.7 Å². The third-order valence-electron chi connectivity index (χ3n) is 2.92. The first kappa shape index (κ1) is 14.2. The fraction of sp³-hybridized carbons (Fsp3) is 0.357. The van der Waals surface area contributed by atoms with Crippen LogP contribution in [-0.4, -0.2) is 34.3 Å². The Bertz CT molecular complexity index is 554. The lowest BCUT2D eigenvalue weighted by Gasteiger charge is -2.09. The van der Waals surface area contributed by atoms with Crippen LogP contribution in [0.2, 0.25) is 0 Å². The number of hydrogen-bond acceptors (Lipinski definition) is 5. The molecule has 20 heavy (non-hydrogen) atoms. The Hall–Kier alpha value is -2.21. The molecule has 1 atom stereocenters. The number of nitrogens with zero attached hydrogens (tertiary/aromatic N) is 2. The molecule has 106 valence electrons. The van der Waals surface area contributed by atoms with Crippen molar-refractivity contribution >= 4 is 5.91 Å². The van der Waals surface area contributed by atoms with Crippen LogP contribution < -0.4 is 5.32 Å². The second-order valence-corrected chi connectivity index (χ2v) is 4.65. The first-order valence-electron chi connectivity index (χ1n) is 6.47. The number of rotatable bonds is 6. The largest absolute Gasteiger partial charge is 0.396 e. The predicted molar refractivity (Wildman–Crippen MR) is 72.9 cm³/mol. The highest BCUT2D eigenvalue weighted by Gasteiger charge is 2.14. The van der Waals surface area contributed by atoms with Gasteiger partial charge in [-0.05, 0) is 24.5 Å². The number of hydrogen-bond donors (Lipinski definition) is 2. The molecule has 0 fully saturated rings. The molecule has 0 spiro atoms. The van der Waals surface area contributed by atoms with E-state index in [1.165, 1.54) is 0 Å². The zero-order valence-electron chi connectivity index (χ0n) is 11.2. The fourth-order valence-corrected chi connectivity index (χ4v) is 1.71. The van der Waals surface area contributed by atoms with Gasteiger partial charge in [-0.25, -0.2) is 0 Å². The number of aliphatic hydroxyl groups is 1. The number of carbonyl (C=O) groups excluding carboxylic acids is 1. The van der Waals surface area contributed by atoms with Crippen molar-refractivity contribution in [1.82, 2.24) is 15.5 Å². The maximum Gasteiger partial charge on any atom is 0.273 e. The molecule has 0 aliphatic rings. The lowest BCUT2D eigenvalue weighted by Crippen LogP contribution is -2.28. The van der Waals surface area contributed by atoms with E-state index in [0.717, 1.165) is 5.56 Å². The average Bonchev–Trinajstić information content (AvgIpc) is 2.96. The van der Waals surface area contributed by atoms with E-state index < -0.39 is 0 Å². The second kappa shape index (κ2) is 6.81. The van der Waals surface area contributed by atoms with Crippen molar-refractivity contribution in [2.45, 2.75) is 13.3 Å². The van der Waals surface area contributed by atoms with Gasteiger partial charge in [-0.15, -0.1) is 0 Å². The molecule has 2 aromatic heterocycles. The third-order valence-corrected chi connectivity index (χ3v) is 2.92. The van der Waals surface area contributed by atoms with Gasteiger partial charge in [0.2, 0.25) is 0 Å². The monoisotopic (exact) mass is 275 g/mol. The smallest absolute Gasteiger partial charge is 0.273 e. The topological polar surface area (TPSA) is 88.2 Å². The molecular formula is C14H17N3O3. The Kier molecular flexibility index (Phi) is 4.84. The van der Waals surface area contributed by atoms with E-state index in [1.807, 2.05) is 13.0 Å². The molecule has 1 unspecified atom stereocenters. The number of aromatic nitrogens is 2. The first-order valence-corrected chi connectivity index (χ1v) is 6.47. The van der Waals surface area contributed by atoms with Crippen molar-refractivity contribution in [3.63, 3.8) is 0 Å². The fourth-order valence-electron chi connectivity index (χ4n) is 1.71. The molecule has 6 heteroatoms. The molecule has 0 bridgehead atoms. The summed E-state index contributed by atoms with van der Waals surface area (Å²) in [6.45, 7) is 2.57. The summed E-state index contributed by atoms with van der Waals surface area (Å²) in [7, 11) is 0. The number of amides is 1. The van der Waals surface area contributed by atoms with Crippen molar-refractivity contribution in [3.8, 4) is 11.3 Å².